The molecule has 1 unspecified atom stereocenters. The zero-order chi connectivity index (χ0) is 13.9. The fraction of sp³-hybridized carbons (Fsp3) is 0.438. The molecule has 0 amide bonds. The lowest BCUT2D eigenvalue weighted by molar-refractivity contribution is 0.411. The molecule has 0 aliphatic heterocycles. The number of hydrogen-bond acceptors (Lipinski definition) is 4. The Morgan fingerprint density at radius 1 is 1.40 bits per heavy atom. The number of fused-ring (bicyclic) bond motifs is 1. The predicted octanol–water partition coefficient (Wildman–Crippen LogP) is 3.11. The van der Waals surface area contributed by atoms with E-state index in [9.17, 15) is 0 Å². The zero-order valence-corrected chi connectivity index (χ0v) is 12.8. The van der Waals surface area contributed by atoms with Gasteiger partial charge in [0.05, 0.1) is 7.11 Å². The molecule has 1 heterocycles. The number of nitrogens with zero attached hydrogens (tertiary/aromatic N) is 1. The lowest BCUT2D eigenvalue weighted by Gasteiger charge is -2.25. The molecule has 20 heavy (non-hydrogen) atoms. The number of aromatic nitrogens is 1. The molecule has 0 saturated carbocycles. The molecular formula is C16H20N2OS. The Morgan fingerprint density at radius 2 is 2.30 bits per heavy atom. The highest BCUT2D eigenvalue weighted by atomic mass is 32.1. The van der Waals surface area contributed by atoms with Crippen LogP contribution in [-0.2, 0) is 19.4 Å². The molecule has 0 spiro atoms. The van der Waals surface area contributed by atoms with E-state index >= 15 is 0 Å². The van der Waals surface area contributed by atoms with Crippen molar-refractivity contribution in [2.75, 3.05) is 7.11 Å². The second kappa shape index (κ2) is 5.94. The van der Waals surface area contributed by atoms with E-state index in [2.05, 4.69) is 33.9 Å². The van der Waals surface area contributed by atoms with Crippen molar-refractivity contribution >= 4 is 11.3 Å². The second-order valence-corrected chi connectivity index (χ2v) is 6.28. The van der Waals surface area contributed by atoms with Crippen LogP contribution in [0, 0.1) is 6.92 Å². The van der Waals surface area contributed by atoms with Crippen molar-refractivity contribution in [1.82, 2.24) is 10.3 Å². The van der Waals surface area contributed by atoms with Gasteiger partial charge in [-0.2, -0.15) is 0 Å². The summed E-state index contributed by atoms with van der Waals surface area (Å²) in [5, 5.41) is 6.93. The quantitative estimate of drug-likeness (QED) is 0.938. The highest BCUT2D eigenvalue weighted by Crippen LogP contribution is 2.25. The fourth-order valence-corrected chi connectivity index (χ4v) is 3.47. The Morgan fingerprint density at radius 3 is 3.05 bits per heavy atom. The van der Waals surface area contributed by atoms with E-state index < -0.39 is 0 Å². The van der Waals surface area contributed by atoms with Crippen LogP contribution in [0.15, 0.2) is 23.6 Å². The molecule has 3 nitrogen and oxygen atoms in total. The molecule has 1 aliphatic carbocycles. The van der Waals surface area contributed by atoms with E-state index in [1.807, 2.05) is 6.92 Å². The van der Waals surface area contributed by atoms with Crippen molar-refractivity contribution in [3.8, 4) is 5.75 Å². The van der Waals surface area contributed by atoms with Crippen LogP contribution in [0.5, 0.6) is 5.75 Å². The van der Waals surface area contributed by atoms with E-state index in [4.69, 9.17) is 4.74 Å². The first-order chi connectivity index (χ1) is 9.74. The molecule has 4 heteroatoms. The Hall–Kier alpha value is -1.39. The molecule has 0 radical (unpaired) electrons. The Bertz CT molecular complexity index is 594. The third kappa shape index (κ3) is 3.02. The van der Waals surface area contributed by atoms with Crippen LogP contribution in [0.4, 0.5) is 0 Å². The van der Waals surface area contributed by atoms with Gasteiger partial charge in [-0.3, -0.25) is 0 Å². The summed E-state index contributed by atoms with van der Waals surface area (Å²) in [6.07, 6.45) is 3.43. The van der Waals surface area contributed by atoms with Crippen LogP contribution in [-0.4, -0.2) is 18.1 Å². The van der Waals surface area contributed by atoms with Gasteiger partial charge in [-0.25, -0.2) is 4.98 Å². The maximum absolute atomic E-state index is 5.32. The smallest absolute Gasteiger partial charge is 0.119 e. The molecule has 2 aromatic rings. The van der Waals surface area contributed by atoms with Crippen molar-refractivity contribution in [3.05, 3.63) is 45.4 Å². The van der Waals surface area contributed by atoms with Gasteiger partial charge in [0.1, 0.15) is 10.8 Å². The Labute approximate surface area is 124 Å². The molecule has 1 aliphatic rings. The summed E-state index contributed by atoms with van der Waals surface area (Å²) in [5.74, 6) is 0.958. The first-order valence-corrected chi connectivity index (χ1v) is 7.93. The predicted molar refractivity (Wildman–Crippen MR) is 82.5 cm³/mol. The maximum atomic E-state index is 5.32. The van der Waals surface area contributed by atoms with Crippen LogP contribution in [0.25, 0.3) is 0 Å². The number of aryl methyl sites for hydroxylation is 2. The van der Waals surface area contributed by atoms with Crippen LogP contribution in [0.2, 0.25) is 0 Å². The first kappa shape index (κ1) is 13.6. The molecule has 0 saturated heterocycles. The summed E-state index contributed by atoms with van der Waals surface area (Å²) in [6, 6.07) is 6.98. The van der Waals surface area contributed by atoms with Crippen LogP contribution in [0.1, 0.15) is 28.2 Å². The third-order valence-corrected chi connectivity index (χ3v) is 4.82. The topological polar surface area (TPSA) is 34.1 Å². The lowest BCUT2D eigenvalue weighted by Crippen LogP contribution is -2.34. The molecule has 0 fully saturated rings. The molecule has 1 aromatic heterocycles. The number of nitrogens with one attached hydrogen (secondary N) is 1. The minimum atomic E-state index is 0.541. The molecule has 3 rings (SSSR count). The maximum Gasteiger partial charge on any atom is 0.119 e. The van der Waals surface area contributed by atoms with Gasteiger partial charge >= 0.3 is 0 Å². The molecule has 1 aromatic carbocycles. The first-order valence-electron chi connectivity index (χ1n) is 7.05. The van der Waals surface area contributed by atoms with E-state index in [0.717, 1.165) is 30.8 Å². The third-order valence-electron chi connectivity index (χ3n) is 3.85. The Balaban J connectivity index is 1.62. The summed E-state index contributed by atoms with van der Waals surface area (Å²) in [7, 11) is 1.73. The zero-order valence-electron chi connectivity index (χ0n) is 12.0. The number of ether oxygens (including phenoxy) is 1. The number of rotatable bonds is 4. The number of benzene rings is 1. The van der Waals surface area contributed by atoms with E-state index in [0.29, 0.717) is 6.04 Å². The van der Waals surface area contributed by atoms with E-state index in [1.165, 1.54) is 22.6 Å². The van der Waals surface area contributed by atoms with Gasteiger partial charge < -0.3 is 10.1 Å². The van der Waals surface area contributed by atoms with Gasteiger partial charge in [0.25, 0.3) is 0 Å². The minimum Gasteiger partial charge on any atom is -0.497 e. The lowest BCUT2D eigenvalue weighted by atomic mass is 9.88. The molecular weight excluding hydrogens is 268 g/mol. The summed E-state index contributed by atoms with van der Waals surface area (Å²) in [5.41, 5.74) is 4.00. The SMILES string of the molecule is COc1ccc2c(c1)CC(NCc1nc(C)cs1)CC2. The minimum absolute atomic E-state index is 0.541. The van der Waals surface area contributed by atoms with Gasteiger partial charge in [-0.05, 0) is 49.4 Å². The summed E-state index contributed by atoms with van der Waals surface area (Å²) < 4.78 is 5.32. The van der Waals surface area contributed by atoms with Crippen molar-refractivity contribution in [1.29, 1.82) is 0 Å². The fourth-order valence-electron chi connectivity index (χ4n) is 2.75. The molecule has 106 valence electrons. The average Bonchev–Trinajstić information content (AvgIpc) is 2.90. The van der Waals surface area contributed by atoms with Crippen LogP contribution in [0.3, 0.4) is 0 Å². The highest BCUT2D eigenvalue weighted by molar-refractivity contribution is 7.09. The molecule has 1 N–H and O–H groups in total. The molecule has 1 atom stereocenters. The highest BCUT2D eigenvalue weighted by Gasteiger charge is 2.18. The van der Waals surface area contributed by atoms with Crippen molar-refractivity contribution in [2.45, 2.75) is 38.8 Å². The van der Waals surface area contributed by atoms with Crippen molar-refractivity contribution < 1.29 is 4.74 Å². The van der Waals surface area contributed by atoms with Crippen molar-refractivity contribution in [2.24, 2.45) is 0 Å². The van der Waals surface area contributed by atoms with Gasteiger partial charge in [-0.1, -0.05) is 6.07 Å². The van der Waals surface area contributed by atoms with E-state index in [-0.39, 0.29) is 0 Å². The average molecular weight is 288 g/mol. The number of thiazole rings is 1. The number of methoxy groups -OCH3 is 1. The van der Waals surface area contributed by atoms with Gasteiger partial charge in [0.15, 0.2) is 0 Å². The van der Waals surface area contributed by atoms with Gasteiger partial charge in [0.2, 0.25) is 0 Å². The summed E-state index contributed by atoms with van der Waals surface area (Å²) in [6.45, 7) is 2.92. The van der Waals surface area contributed by atoms with Crippen LogP contribution < -0.4 is 10.1 Å². The second-order valence-electron chi connectivity index (χ2n) is 5.34. The van der Waals surface area contributed by atoms with E-state index in [1.54, 1.807) is 18.4 Å². The normalized spacial score (nSPS) is 17.8. The number of hydrogen-bond donors (Lipinski definition) is 1. The summed E-state index contributed by atoms with van der Waals surface area (Å²) in [4.78, 5) is 4.50. The standard InChI is InChI=1S/C16H20N2OS/c1-11-10-20-16(18-11)9-17-14-5-3-12-4-6-15(19-2)8-13(12)7-14/h4,6,8,10,14,17H,3,5,7,9H2,1-2H3. The van der Waals surface area contributed by atoms with Gasteiger partial charge in [-0.15, -0.1) is 11.3 Å². The van der Waals surface area contributed by atoms with Crippen molar-refractivity contribution in [3.63, 3.8) is 0 Å². The van der Waals surface area contributed by atoms with Gasteiger partial charge in [0, 0.05) is 23.7 Å². The largest absolute Gasteiger partial charge is 0.497 e. The Kier molecular flexibility index (Phi) is 4.03. The van der Waals surface area contributed by atoms with Crippen LogP contribution >= 0.6 is 11.3 Å². The monoisotopic (exact) mass is 288 g/mol. The summed E-state index contributed by atoms with van der Waals surface area (Å²) >= 11 is 1.74. The molecule has 0 bridgehead atoms.